The van der Waals surface area contributed by atoms with Gasteiger partial charge in [0.1, 0.15) is 0 Å². The number of anilines is 1. The van der Waals surface area contributed by atoms with E-state index in [9.17, 15) is 9.59 Å². The number of methoxy groups -OCH3 is 2. The largest absolute Gasteiger partial charge is 0.493 e. The summed E-state index contributed by atoms with van der Waals surface area (Å²) in [5, 5.41) is 2.57. The number of hydrogen-bond donors (Lipinski definition) is 2. The van der Waals surface area contributed by atoms with Gasteiger partial charge in [0.15, 0.2) is 17.5 Å². The highest BCUT2D eigenvalue weighted by molar-refractivity contribution is 6.08. The molecule has 1 atom stereocenters. The van der Waals surface area contributed by atoms with E-state index in [1.165, 1.54) is 14.2 Å². The lowest BCUT2D eigenvalue weighted by Gasteiger charge is -2.15. The molecule has 1 amide bonds. The molecule has 1 aromatic carbocycles. The first-order valence-electron chi connectivity index (χ1n) is 6.40. The highest BCUT2D eigenvalue weighted by Gasteiger charge is 2.24. The summed E-state index contributed by atoms with van der Waals surface area (Å²) in [6.07, 6.45) is 0. The fourth-order valence-electron chi connectivity index (χ4n) is 1.66. The van der Waals surface area contributed by atoms with E-state index in [1.54, 1.807) is 26.0 Å². The Morgan fingerprint density at radius 2 is 1.81 bits per heavy atom. The lowest BCUT2D eigenvalue weighted by Crippen LogP contribution is -2.43. The maximum atomic E-state index is 11.9. The highest BCUT2D eigenvalue weighted by Crippen LogP contribution is 2.32. The zero-order chi connectivity index (χ0) is 16.0. The van der Waals surface area contributed by atoms with E-state index in [1.807, 2.05) is 0 Å². The Morgan fingerprint density at radius 3 is 2.33 bits per heavy atom. The first-order chi connectivity index (χ1) is 9.94. The molecule has 116 valence electrons. The Kier molecular flexibility index (Phi) is 5.98. The quantitative estimate of drug-likeness (QED) is 0.596. The predicted octanol–water partition coefficient (Wildman–Crippen LogP) is 0.841. The summed E-state index contributed by atoms with van der Waals surface area (Å²) in [5.41, 5.74) is 6.76. The Labute approximate surface area is 123 Å². The van der Waals surface area contributed by atoms with Crippen molar-refractivity contribution in [2.75, 3.05) is 26.1 Å². The number of amides is 1. The number of benzene rings is 1. The number of rotatable bonds is 6. The highest BCUT2D eigenvalue weighted by atomic mass is 16.5. The van der Waals surface area contributed by atoms with E-state index in [2.05, 4.69) is 5.32 Å². The van der Waals surface area contributed by atoms with Crippen molar-refractivity contribution < 1.29 is 23.8 Å². The Bertz CT molecular complexity index is 530. The van der Waals surface area contributed by atoms with Crippen LogP contribution in [0.5, 0.6) is 11.5 Å². The summed E-state index contributed by atoms with van der Waals surface area (Å²) in [6, 6.07) is 1.94. The van der Waals surface area contributed by atoms with E-state index in [-0.39, 0.29) is 6.61 Å². The maximum Gasteiger partial charge on any atom is 0.332 e. The molecule has 7 nitrogen and oxygen atoms in total. The molecule has 3 N–H and O–H groups in total. The molecule has 0 aromatic heterocycles. The third-order valence-corrected chi connectivity index (χ3v) is 2.81. The Hall–Kier alpha value is -2.28. The number of aryl methyl sites for hydroxylation is 1. The van der Waals surface area contributed by atoms with Crippen LogP contribution in [0.2, 0.25) is 0 Å². The molecule has 0 aliphatic rings. The fraction of sp³-hybridized carbons (Fsp3) is 0.429. The molecular formula is C14H20N2O5. The second kappa shape index (κ2) is 7.49. The van der Waals surface area contributed by atoms with Gasteiger partial charge in [-0.1, -0.05) is 0 Å². The zero-order valence-electron chi connectivity index (χ0n) is 12.6. The number of nitrogens with one attached hydrogen (secondary N) is 1. The first-order valence-corrected chi connectivity index (χ1v) is 6.40. The molecule has 0 saturated carbocycles. The summed E-state index contributed by atoms with van der Waals surface area (Å²) in [7, 11) is 3.01. The number of carbonyl (C=O) groups is 2. The molecule has 0 bridgehead atoms. The number of ether oxygens (including phenoxy) is 3. The predicted molar refractivity (Wildman–Crippen MR) is 77.5 cm³/mol. The first kappa shape index (κ1) is 16.8. The van der Waals surface area contributed by atoms with Crippen LogP contribution in [0.25, 0.3) is 0 Å². The van der Waals surface area contributed by atoms with Crippen LogP contribution >= 0.6 is 0 Å². The molecular weight excluding hydrogens is 276 g/mol. The van der Waals surface area contributed by atoms with Gasteiger partial charge in [0.2, 0.25) is 0 Å². The van der Waals surface area contributed by atoms with Crippen LogP contribution in [0.4, 0.5) is 5.69 Å². The SMILES string of the molecule is CCOC(=O)C(N)C(=O)Nc1cc(OC)c(OC)cc1C. The third-order valence-electron chi connectivity index (χ3n) is 2.81. The molecule has 0 fully saturated rings. The van der Waals surface area contributed by atoms with Crippen molar-refractivity contribution in [2.45, 2.75) is 19.9 Å². The van der Waals surface area contributed by atoms with Crippen molar-refractivity contribution in [1.82, 2.24) is 0 Å². The minimum atomic E-state index is -1.38. The van der Waals surface area contributed by atoms with Crippen LogP contribution in [-0.2, 0) is 14.3 Å². The van der Waals surface area contributed by atoms with Crippen LogP contribution in [0, 0.1) is 6.92 Å². The molecule has 1 rings (SSSR count). The summed E-state index contributed by atoms with van der Waals surface area (Å²) >= 11 is 0. The molecule has 7 heteroatoms. The second-order valence-electron chi connectivity index (χ2n) is 4.24. The minimum absolute atomic E-state index is 0.162. The third kappa shape index (κ3) is 4.09. The van der Waals surface area contributed by atoms with Crippen LogP contribution in [0.15, 0.2) is 12.1 Å². The average Bonchev–Trinajstić information content (AvgIpc) is 2.48. The van der Waals surface area contributed by atoms with Crippen molar-refractivity contribution in [1.29, 1.82) is 0 Å². The Morgan fingerprint density at radius 1 is 1.24 bits per heavy atom. The van der Waals surface area contributed by atoms with Gasteiger partial charge in [-0.25, -0.2) is 4.79 Å². The standard InChI is InChI=1S/C14H20N2O5/c1-5-21-14(18)12(15)13(17)16-9-7-11(20-4)10(19-3)6-8(9)2/h6-7,12H,5,15H2,1-4H3,(H,16,17). The van der Waals surface area contributed by atoms with E-state index in [0.29, 0.717) is 17.2 Å². The molecule has 0 radical (unpaired) electrons. The summed E-state index contributed by atoms with van der Waals surface area (Å²) in [5.74, 6) is -0.414. The van der Waals surface area contributed by atoms with Gasteiger partial charge in [0.25, 0.3) is 5.91 Å². The van der Waals surface area contributed by atoms with Gasteiger partial charge in [-0.2, -0.15) is 0 Å². The molecule has 21 heavy (non-hydrogen) atoms. The van der Waals surface area contributed by atoms with Crippen molar-refractivity contribution in [3.63, 3.8) is 0 Å². The van der Waals surface area contributed by atoms with Crippen molar-refractivity contribution in [3.8, 4) is 11.5 Å². The van der Waals surface area contributed by atoms with Crippen molar-refractivity contribution in [2.24, 2.45) is 5.73 Å². The van der Waals surface area contributed by atoms with E-state index < -0.39 is 17.9 Å². The molecule has 0 heterocycles. The van der Waals surface area contributed by atoms with Gasteiger partial charge in [0, 0.05) is 11.8 Å². The van der Waals surface area contributed by atoms with Gasteiger partial charge < -0.3 is 25.3 Å². The lowest BCUT2D eigenvalue weighted by molar-refractivity contribution is -0.146. The molecule has 0 aliphatic carbocycles. The van der Waals surface area contributed by atoms with Crippen molar-refractivity contribution in [3.05, 3.63) is 17.7 Å². The fourth-order valence-corrected chi connectivity index (χ4v) is 1.66. The van der Waals surface area contributed by atoms with Gasteiger partial charge in [-0.3, -0.25) is 4.79 Å². The molecule has 1 aromatic rings. The summed E-state index contributed by atoms with van der Waals surface area (Å²) < 4.78 is 15.0. The topological polar surface area (TPSA) is 99.9 Å². The van der Waals surface area contributed by atoms with E-state index in [0.717, 1.165) is 5.56 Å². The minimum Gasteiger partial charge on any atom is -0.493 e. The van der Waals surface area contributed by atoms with Gasteiger partial charge in [-0.05, 0) is 25.5 Å². The van der Waals surface area contributed by atoms with E-state index >= 15 is 0 Å². The van der Waals surface area contributed by atoms with Gasteiger partial charge >= 0.3 is 5.97 Å². The van der Waals surface area contributed by atoms with E-state index in [4.69, 9.17) is 19.9 Å². The molecule has 0 saturated heterocycles. The summed E-state index contributed by atoms with van der Waals surface area (Å²) in [6.45, 7) is 3.59. The molecule has 0 spiro atoms. The number of esters is 1. The Balaban J connectivity index is 2.92. The van der Waals surface area contributed by atoms with Crippen LogP contribution in [0.3, 0.4) is 0 Å². The van der Waals surface area contributed by atoms with Crippen LogP contribution in [0.1, 0.15) is 12.5 Å². The normalized spacial score (nSPS) is 11.5. The lowest BCUT2D eigenvalue weighted by atomic mass is 10.1. The molecule has 0 aliphatic heterocycles. The van der Waals surface area contributed by atoms with Crippen LogP contribution in [-0.4, -0.2) is 38.7 Å². The van der Waals surface area contributed by atoms with Crippen LogP contribution < -0.4 is 20.5 Å². The number of carbonyl (C=O) groups excluding carboxylic acids is 2. The van der Waals surface area contributed by atoms with Crippen molar-refractivity contribution >= 4 is 17.6 Å². The van der Waals surface area contributed by atoms with Gasteiger partial charge in [-0.15, -0.1) is 0 Å². The second-order valence-corrected chi connectivity index (χ2v) is 4.24. The number of hydrogen-bond acceptors (Lipinski definition) is 6. The maximum absolute atomic E-state index is 11.9. The smallest absolute Gasteiger partial charge is 0.332 e. The molecule has 1 unspecified atom stereocenters. The summed E-state index contributed by atoms with van der Waals surface area (Å²) in [4.78, 5) is 23.4. The number of nitrogens with two attached hydrogens (primary N) is 1. The monoisotopic (exact) mass is 296 g/mol. The zero-order valence-corrected chi connectivity index (χ0v) is 12.6. The average molecular weight is 296 g/mol. The van der Waals surface area contributed by atoms with Gasteiger partial charge in [0.05, 0.1) is 20.8 Å².